The highest BCUT2D eigenvalue weighted by atomic mass is 16.8. The Bertz CT molecular complexity index is 1560. The van der Waals surface area contributed by atoms with Crippen molar-refractivity contribution in [2.24, 2.45) is 23.7 Å². The first-order valence-corrected chi connectivity index (χ1v) is 18.8. The van der Waals surface area contributed by atoms with E-state index >= 15 is 0 Å². The third-order valence-corrected chi connectivity index (χ3v) is 10.4. The number of carbonyl (C=O) groups is 5. The number of carboxylic acids is 1. The summed E-state index contributed by atoms with van der Waals surface area (Å²) in [6, 6.07) is 9.44. The zero-order chi connectivity index (χ0) is 41.3. The highest BCUT2D eigenvalue weighted by Crippen LogP contribution is 2.56. The minimum Gasteiger partial charge on any atom is -0.479 e. The molecule has 1 aromatic rings. The van der Waals surface area contributed by atoms with E-state index in [2.05, 4.69) is 13.5 Å². The monoisotopic (exact) mass is 774 g/mol. The Balaban J connectivity index is 2.11. The van der Waals surface area contributed by atoms with Gasteiger partial charge in [0.2, 0.25) is 23.1 Å². The van der Waals surface area contributed by atoms with Gasteiger partial charge in [-0.1, -0.05) is 91.0 Å². The van der Waals surface area contributed by atoms with Crippen LogP contribution >= 0.6 is 0 Å². The number of carbonyl (C=O) groups excluding carboxylic acids is 4. The van der Waals surface area contributed by atoms with Crippen molar-refractivity contribution in [3.63, 3.8) is 0 Å². The maximum Gasteiger partial charge on any atom is 0.345 e. The maximum absolute atomic E-state index is 13.8. The van der Waals surface area contributed by atoms with Gasteiger partial charge in [0.1, 0.15) is 12.2 Å². The summed E-state index contributed by atoms with van der Waals surface area (Å²) in [6.45, 7) is 16.7. The number of benzene rings is 1. The highest BCUT2D eigenvalue weighted by molar-refractivity contribution is 5.99. The molecule has 4 unspecified atom stereocenters. The summed E-state index contributed by atoms with van der Waals surface area (Å²) >= 11 is 0. The fourth-order valence-corrected chi connectivity index (χ4v) is 7.19. The lowest BCUT2D eigenvalue weighted by Gasteiger charge is -2.49. The molecular formula is C41H58O14. The lowest BCUT2D eigenvalue weighted by Crippen LogP contribution is -2.78. The quantitative estimate of drug-likeness (QED) is 0.0725. The molecule has 1 aromatic carbocycles. The SMILES string of the molecule is C=C(CCC12OC(C(=O)OCCC(C)C)C(O)(C(=O)OC)C(C(=O)O)(O1)[C@H](OC(=O)/C=C/[C@@H](C)C[C@@H](C)CC)[C@H]2O)[C@@H](OC(C)=O)[C@H](C)Cc1ccccc1. The van der Waals surface area contributed by atoms with E-state index in [1.165, 1.54) is 6.92 Å². The summed E-state index contributed by atoms with van der Waals surface area (Å²) in [5, 5.41) is 35.1. The van der Waals surface area contributed by atoms with Gasteiger partial charge >= 0.3 is 29.8 Å². The van der Waals surface area contributed by atoms with E-state index in [4.69, 9.17) is 28.4 Å². The van der Waals surface area contributed by atoms with Crippen LogP contribution in [0.1, 0.15) is 86.1 Å². The minimum absolute atomic E-state index is 0.0721. The number of ether oxygens (including phenoxy) is 6. The first-order valence-electron chi connectivity index (χ1n) is 18.8. The molecule has 14 nitrogen and oxygen atoms in total. The Kier molecular flexibility index (Phi) is 15.8. The number of fused-ring (bicyclic) bond motifs is 2. The normalized spacial score (nSPS) is 28.2. The molecule has 10 atom stereocenters. The zero-order valence-corrected chi connectivity index (χ0v) is 33.1. The molecule has 3 N–H and O–H groups in total. The molecule has 2 saturated heterocycles. The van der Waals surface area contributed by atoms with Crippen LogP contribution in [0.25, 0.3) is 0 Å². The van der Waals surface area contributed by atoms with Gasteiger partial charge in [0.15, 0.2) is 6.10 Å². The van der Waals surface area contributed by atoms with Crippen LogP contribution in [-0.4, -0.2) is 100 Å². The molecule has 0 radical (unpaired) electrons. The van der Waals surface area contributed by atoms with Gasteiger partial charge in [0, 0.05) is 25.3 Å². The summed E-state index contributed by atoms with van der Waals surface area (Å²) in [4.78, 5) is 66.4. The Hall–Kier alpha value is -4.11. The van der Waals surface area contributed by atoms with E-state index in [1.54, 1.807) is 6.08 Å². The molecule has 0 aromatic heterocycles. The van der Waals surface area contributed by atoms with E-state index < -0.39 is 77.7 Å². The van der Waals surface area contributed by atoms with Crippen LogP contribution in [0.15, 0.2) is 54.6 Å². The molecule has 2 bridgehead atoms. The fourth-order valence-electron chi connectivity index (χ4n) is 7.19. The Morgan fingerprint density at radius 1 is 1.05 bits per heavy atom. The second kappa shape index (κ2) is 19.2. The van der Waals surface area contributed by atoms with Crippen LogP contribution < -0.4 is 0 Å². The molecule has 0 aliphatic carbocycles. The topological polar surface area (TPSA) is 201 Å². The summed E-state index contributed by atoms with van der Waals surface area (Å²) in [5.41, 5.74) is -5.63. The first kappa shape index (κ1) is 45.3. The van der Waals surface area contributed by atoms with Crippen LogP contribution in [0.4, 0.5) is 0 Å². The molecule has 55 heavy (non-hydrogen) atoms. The van der Waals surface area contributed by atoms with Crippen molar-refractivity contribution in [3.05, 3.63) is 60.2 Å². The molecule has 0 spiro atoms. The smallest absolute Gasteiger partial charge is 0.345 e. The van der Waals surface area contributed by atoms with Gasteiger partial charge in [-0.15, -0.1) is 0 Å². The van der Waals surface area contributed by atoms with Crippen molar-refractivity contribution in [3.8, 4) is 0 Å². The zero-order valence-electron chi connectivity index (χ0n) is 33.1. The summed E-state index contributed by atoms with van der Waals surface area (Å²) in [7, 11) is 0.836. The molecule has 0 amide bonds. The average molecular weight is 775 g/mol. The molecule has 14 heteroatoms. The highest BCUT2D eigenvalue weighted by Gasteiger charge is 2.86. The Morgan fingerprint density at radius 2 is 1.71 bits per heavy atom. The summed E-state index contributed by atoms with van der Waals surface area (Å²) in [5.74, 6) is -9.32. The molecule has 2 aliphatic heterocycles. The lowest BCUT2D eigenvalue weighted by molar-refractivity contribution is -0.374. The molecule has 0 saturated carbocycles. The number of aliphatic hydroxyl groups excluding tert-OH is 1. The number of esters is 4. The number of hydrogen-bond acceptors (Lipinski definition) is 13. The number of aliphatic hydroxyl groups is 2. The van der Waals surface area contributed by atoms with E-state index in [0.717, 1.165) is 31.6 Å². The third-order valence-electron chi connectivity index (χ3n) is 10.4. The maximum atomic E-state index is 13.8. The second-order valence-corrected chi connectivity index (χ2v) is 15.3. The van der Waals surface area contributed by atoms with Crippen molar-refractivity contribution < 1.29 is 67.7 Å². The molecular weight excluding hydrogens is 716 g/mol. The van der Waals surface area contributed by atoms with Crippen LogP contribution in [-0.2, 0) is 58.8 Å². The van der Waals surface area contributed by atoms with Gasteiger partial charge in [0.05, 0.1) is 13.7 Å². The molecule has 3 rings (SSSR count). The summed E-state index contributed by atoms with van der Waals surface area (Å²) < 4.78 is 33.5. The van der Waals surface area contributed by atoms with Crippen molar-refractivity contribution >= 4 is 29.8 Å². The lowest BCUT2D eigenvalue weighted by atomic mass is 9.74. The average Bonchev–Trinajstić information content (AvgIpc) is 3.35. The standard InChI is InChI=1S/C41H58O14/c1-10-25(4)22-26(5)16-17-31(43)53-34-33(44)39(20-18-27(6)32(52-29(8)42)28(7)23-30-14-12-11-13-15-30)54-35(36(45)51-21-19-24(2)3)40(49,38(48)50-9)41(34,55-39)37(46)47/h11-17,24-26,28,32-35,44,49H,6,10,18-23H2,1-5,7-9H3,(H,46,47)/b17-16+/t25-,26+,28+,32+,33+,34+,35?,39?,40?,41?/m0/s1. The Morgan fingerprint density at radius 3 is 2.27 bits per heavy atom. The second-order valence-electron chi connectivity index (χ2n) is 15.3. The van der Waals surface area contributed by atoms with Crippen molar-refractivity contribution in [2.75, 3.05) is 13.7 Å². The van der Waals surface area contributed by atoms with Crippen LogP contribution in [0.5, 0.6) is 0 Å². The first-order chi connectivity index (χ1) is 25.8. The van der Waals surface area contributed by atoms with E-state index in [-0.39, 0.29) is 30.8 Å². The van der Waals surface area contributed by atoms with E-state index in [9.17, 15) is 39.3 Å². The predicted octanol–water partition coefficient (Wildman–Crippen LogP) is 4.48. The molecule has 2 aliphatic rings. The van der Waals surface area contributed by atoms with Gasteiger partial charge in [-0.25, -0.2) is 19.2 Å². The number of rotatable bonds is 20. The number of aliphatic carboxylic acids is 1. The number of methoxy groups -OCH3 is 1. The van der Waals surface area contributed by atoms with E-state index in [1.807, 2.05) is 65.0 Å². The number of hydrogen-bond donors (Lipinski definition) is 3. The Labute approximate surface area is 323 Å². The van der Waals surface area contributed by atoms with Gasteiger partial charge in [-0.3, -0.25) is 4.79 Å². The van der Waals surface area contributed by atoms with Gasteiger partial charge < -0.3 is 43.7 Å². The van der Waals surface area contributed by atoms with Gasteiger partial charge in [0.25, 0.3) is 0 Å². The minimum atomic E-state index is -3.55. The fraction of sp³-hybridized carbons (Fsp3) is 0.634. The van der Waals surface area contributed by atoms with Gasteiger partial charge in [-0.05, 0) is 54.6 Å². The van der Waals surface area contributed by atoms with Crippen molar-refractivity contribution in [1.29, 1.82) is 0 Å². The number of allylic oxidation sites excluding steroid dienone is 1. The molecule has 2 fully saturated rings. The summed E-state index contributed by atoms with van der Waals surface area (Å²) in [6.07, 6.45) is -3.41. The van der Waals surface area contributed by atoms with Crippen LogP contribution in [0.3, 0.4) is 0 Å². The largest absolute Gasteiger partial charge is 0.479 e. The third kappa shape index (κ3) is 10.0. The molecule has 306 valence electrons. The predicted molar refractivity (Wildman–Crippen MR) is 198 cm³/mol. The number of carboxylic acid groups (broad SMARTS) is 1. The van der Waals surface area contributed by atoms with Crippen molar-refractivity contribution in [2.45, 2.75) is 128 Å². The van der Waals surface area contributed by atoms with Crippen LogP contribution in [0, 0.1) is 23.7 Å². The van der Waals surface area contributed by atoms with Crippen LogP contribution in [0.2, 0.25) is 0 Å². The van der Waals surface area contributed by atoms with Gasteiger partial charge in [-0.2, -0.15) is 0 Å². The van der Waals surface area contributed by atoms with E-state index in [0.29, 0.717) is 24.3 Å². The molecule has 2 heterocycles. The van der Waals surface area contributed by atoms with Crippen molar-refractivity contribution in [1.82, 2.24) is 0 Å².